The number of hydrogen-bond acceptors (Lipinski definition) is 6. The highest BCUT2D eigenvalue weighted by Crippen LogP contribution is 2.26. The lowest BCUT2D eigenvalue weighted by Gasteiger charge is -2.36. The van der Waals surface area contributed by atoms with Crippen LogP contribution in [0.3, 0.4) is 0 Å². The monoisotopic (exact) mass is 596 g/mol. The van der Waals surface area contributed by atoms with Crippen LogP contribution in [-0.4, -0.2) is 61.7 Å². The fraction of sp³-hybridized carbons (Fsp3) is 0.250. The summed E-state index contributed by atoms with van der Waals surface area (Å²) in [6.45, 7) is 5.20. The van der Waals surface area contributed by atoms with E-state index in [0.29, 0.717) is 41.0 Å². The van der Waals surface area contributed by atoms with Crippen LogP contribution in [0.5, 0.6) is 11.5 Å². The van der Waals surface area contributed by atoms with Gasteiger partial charge in [0.15, 0.2) is 5.11 Å². The number of hydrogen-bond donors (Lipinski definition) is 2. The zero-order valence-electron chi connectivity index (χ0n) is 21.2. The van der Waals surface area contributed by atoms with Crippen molar-refractivity contribution >= 4 is 56.4 Å². The minimum atomic E-state index is -0.315. The molecule has 4 rings (SSSR count). The van der Waals surface area contributed by atoms with Crippen LogP contribution in [0.2, 0.25) is 0 Å². The van der Waals surface area contributed by atoms with E-state index < -0.39 is 0 Å². The molecule has 0 bridgehead atoms. The van der Waals surface area contributed by atoms with Gasteiger partial charge in [-0.25, -0.2) is 0 Å². The third kappa shape index (κ3) is 6.81. The second kappa shape index (κ2) is 12.7. The van der Waals surface area contributed by atoms with Gasteiger partial charge < -0.3 is 24.6 Å². The quantitative estimate of drug-likeness (QED) is 0.374. The number of rotatable bonds is 7. The number of amides is 2. The van der Waals surface area contributed by atoms with E-state index in [0.717, 1.165) is 30.2 Å². The van der Waals surface area contributed by atoms with Gasteiger partial charge in [-0.15, -0.1) is 0 Å². The van der Waals surface area contributed by atoms with Crippen LogP contribution in [0, 0.1) is 0 Å². The Bertz CT molecular complexity index is 1290. The molecule has 2 amide bonds. The Morgan fingerprint density at radius 1 is 0.947 bits per heavy atom. The van der Waals surface area contributed by atoms with Crippen LogP contribution < -0.4 is 25.0 Å². The lowest BCUT2D eigenvalue weighted by molar-refractivity contribution is 0.0746. The Labute approximate surface area is 236 Å². The lowest BCUT2D eigenvalue weighted by atomic mass is 10.1. The number of methoxy groups -OCH3 is 1. The number of benzene rings is 3. The number of carbonyl (C=O) groups is 2. The molecule has 2 N–H and O–H groups in total. The van der Waals surface area contributed by atoms with Gasteiger partial charge in [0.25, 0.3) is 11.8 Å². The van der Waals surface area contributed by atoms with E-state index in [-0.39, 0.29) is 16.9 Å². The van der Waals surface area contributed by atoms with Gasteiger partial charge in [-0.2, -0.15) is 0 Å². The van der Waals surface area contributed by atoms with Crippen LogP contribution in [0.25, 0.3) is 0 Å². The molecule has 0 atom stereocenters. The molecular weight excluding hydrogens is 568 g/mol. The molecule has 3 aromatic rings. The number of ether oxygens (including phenoxy) is 2. The Hall–Kier alpha value is -3.63. The van der Waals surface area contributed by atoms with E-state index in [1.54, 1.807) is 49.6 Å². The smallest absolute Gasteiger partial charge is 0.257 e. The highest BCUT2D eigenvalue weighted by atomic mass is 79.9. The first-order valence-electron chi connectivity index (χ1n) is 12.2. The first-order chi connectivity index (χ1) is 18.4. The second-order valence-corrected chi connectivity index (χ2v) is 9.80. The van der Waals surface area contributed by atoms with Crippen molar-refractivity contribution in [3.05, 3.63) is 82.3 Å². The van der Waals surface area contributed by atoms with Crippen molar-refractivity contribution in [3.8, 4) is 11.5 Å². The molecule has 1 fully saturated rings. The molecule has 10 heteroatoms. The van der Waals surface area contributed by atoms with Crippen LogP contribution in [0.15, 0.2) is 71.2 Å². The normalized spacial score (nSPS) is 13.0. The number of nitrogens with zero attached hydrogens (tertiary/aromatic N) is 2. The summed E-state index contributed by atoms with van der Waals surface area (Å²) < 4.78 is 11.4. The van der Waals surface area contributed by atoms with Gasteiger partial charge in [-0.3, -0.25) is 14.9 Å². The fourth-order valence-electron chi connectivity index (χ4n) is 4.09. The number of anilines is 2. The van der Waals surface area contributed by atoms with Gasteiger partial charge in [0.2, 0.25) is 0 Å². The summed E-state index contributed by atoms with van der Waals surface area (Å²) in [7, 11) is 1.61. The molecule has 1 aliphatic heterocycles. The molecule has 198 valence electrons. The highest BCUT2D eigenvalue weighted by molar-refractivity contribution is 9.10. The summed E-state index contributed by atoms with van der Waals surface area (Å²) in [6.07, 6.45) is 0. The molecule has 8 nitrogen and oxygen atoms in total. The molecule has 3 aromatic carbocycles. The maximum Gasteiger partial charge on any atom is 0.257 e. The fourth-order valence-corrected chi connectivity index (χ4v) is 4.80. The molecule has 0 radical (unpaired) electrons. The maximum absolute atomic E-state index is 12.8. The van der Waals surface area contributed by atoms with Gasteiger partial charge in [-0.05, 0) is 102 Å². The van der Waals surface area contributed by atoms with E-state index in [4.69, 9.17) is 21.7 Å². The van der Waals surface area contributed by atoms with E-state index in [1.165, 1.54) is 0 Å². The molecule has 0 spiro atoms. The Morgan fingerprint density at radius 3 is 2.21 bits per heavy atom. The molecule has 0 unspecified atom stereocenters. The standard InChI is InChI=1S/C28H29BrN4O4S/c1-3-37-25-13-6-20(18-24(25)29)26(34)31-28(38)30-21-7-9-22(10-8-21)32-14-16-33(17-15-32)27(35)19-4-11-23(36-2)12-5-19/h4-13,18H,3,14-17H2,1-2H3,(H2,30,31,34,38). The molecule has 0 aliphatic carbocycles. The van der Waals surface area contributed by atoms with Crippen molar-refractivity contribution in [1.82, 2.24) is 10.2 Å². The number of thiocarbonyl (C=S) groups is 1. The highest BCUT2D eigenvalue weighted by Gasteiger charge is 2.22. The number of carbonyl (C=O) groups excluding carboxylic acids is 2. The maximum atomic E-state index is 12.8. The molecular formula is C28H29BrN4O4S. The van der Waals surface area contributed by atoms with Gasteiger partial charge in [-0.1, -0.05) is 0 Å². The van der Waals surface area contributed by atoms with Crippen molar-refractivity contribution in [1.29, 1.82) is 0 Å². The number of nitrogens with one attached hydrogen (secondary N) is 2. The minimum absolute atomic E-state index is 0.0278. The molecule has 1 aliphatic rings. The van der Waals surface area contributed by atoms with Crippen molar-refractivity contribution in [2.45, 2.75) is 6.92 Å². The average molecular weight is 598 g/mol. The van der Waals surface area contributed by atoms with Crippen LogP contribution in [0.1, 0.15) is 27.6 Å². The predicted octanol–water partition coefficient (Wildman–Crippen LogP) is 4.95. The Morgan fingerprint density at radius 2 is 1.61 bits per heavy atom. The Balaban J connectivity index is 1.27. The van der Waals surface area contributed by atoms with E-state index in [2.05, 4.69) is 31.5 Å². The van der Waals surface area contributed by atoms with Crippen LogP contribution >= 0.6 is 28.1 Å². The van der Waals surface area contributed by atoms with Crippen LogP contribution in [0.4, 0.5) is 11.4 Å². The van der Waals surface area contributed by atoms with Gasteiger partial charge >= 0.3 is 0 Å². The molecule has 1 saturated heterocycles. The minimum Gasteiger partial charge on any atom is -0.497 e. The number of piperazine rings is 1. The van der Waals surface area contributed by atoms with Gasteiger partial charge in [0.1, 0.15) is 11.5 Å². The molecule has 0 saturated carbocycles. The summed E-state index contributed by atoms with van der Waals surface area (Å²) in [5, 5.41) is 5.96. The SMILES string of the molecule is CCOc1ccc(C(=O)NC(=S)Nc2ccc(N3CCN(C(=O)c4ccc(OC)cc4)CC3)cc2)cc1Br. The Kier molecular flexibility index (Phi) is 9.19. The van der Waals surface area contributed by atoms with Gasteiger partial charge in [0.05, 0.1) is 18.2 Å². The van der Waals surface area contributed by atoms with Crippen molar-refractivity contribution < 1.29 is 19.1 Å². The zero-order valence-corrected chi connectivity index (χ0v) is 23.6. The third-order valence-corrected chi connectivity index (χ3v) is 6.94. The summed E-state index contributed by atoms with van der Waals surface area (Å²) in [4.78, 5) is 29.5. The van der Waals surface area contributed by atoms with E-state index >= 15 is 0 Å². The van der Waals surface area contributed by atoms with Crippen LogP contribution in [-0.2, 0) is 0 Å². The third-order valence-electron chi connectivity index (χ3n) is 6.12. The predicted molar refractivity (Wildman–Crippen MR) is 157 cm³/mol. The molecule has 1 heterocycles. The summed E-state index contributed by atoms with van der Waals surface area (Å²) in [5.74, 6) is 1.12. The lowest BCUT2D eigenvalue weighted by Crippen LogP contribution is -2.48. The zero-order chi connectivity index (χ0) is 27.1. The summed E-state index contributed by atoms with van der Waals surface area (Å²) >= 11 is 8.75. The number of halogens is 1. The first-order valence-corrected chi connectivity index (χ1v) is 13.4. The molecule has 0 aromatic heterocycles. The topological polar surface area (TPSA) is 83.1 Å². The first kappa shape index (κ1) is 27.4. The summed E-state index contributed by atoms with van der Waals surface area (Å²) in [6, 6.07) is 20.1. The average Bonchev–Trinajstić information content (AvgIpc) is 2.94. The van der Waals surface area contributed by atoms with E-state index in [9.17, 15) is 9.59 Å². The van der Waals surface area contributed by atoms with Crippen molar-refractivity contribution in [3.63, 3.8) is 0 Å². The van der Waals surface area contributed by atoms with E-state index in [1.807, 2.05) is 36.1 Å². The van der Waals surface area contributed by atoms with Crippen molar-refractivity contribution in [2.75, 3.05) is 50.1 Å². The molecule has 38 heavy (non-hydrogen) atoms. The van der Waals surface area contributed by atoms with Crippen molar-refractivity contribution in [2.24, 2.45) is 0 Å². The summed E-state index contributed by atoms with van der Waals surface area (Å²) in [5.41, 5.74) is 2.94. The second-order valence-electron chi connectivity index (χ2n) is 8.54. The van der Waals surface area contributed by atoms with Gasteiger partial charge in [0, 0.05) is 48.7 Å². The largest absolute Gasteiger partial charge is 0.497 e.